The number of nitrogens with one attached hydrogen (secondary N) is 3. The molecule has 0 radical (unpaired) electrons. The number of benzene rings is 4. The molecule has 6 rings (SSSR count). The average molecular weight is 871 g/mol. The van der Waals surface area contributed by atoms with Crippen LogP contribution in [0.15, 0.2) is 117 Å². The van der Waals surface area contributed by atoms with Gasteiger partial charge in [0.2, 0.25) is 0 Å². The van der Waals surface area contributed by atoms with Crippen molar-refractivity contribution in [3.05, 3.63) is 119 Å². The fourth-order valence-corrected chi connectivity index (χ4v) is 10.0. The standard InChI is InChI=1S/C44H51ClF3N5O2S3/c1-43(2)21-19-39(31-9-13-34(45)14-10-31)33(28-43)29-52-23-25-53(26-24-52)36-15-11-32(12-16-36)42(54)51-57-38-17-18-40(41(27-38)58(55)44(46,47)48)50-35(20-22-49-3)30-56-37-7-5-4-6-8-37/h4-18,27,35,49-50H,19-26,28-30H2,1-3H3,(H,51,54)/t35-,58?/m1/s1. The van der Waals surface area contributed by atoms with Crippen LogP contribution in [0.2, 0.25) is 5.02 Å². The van der Waals surface area contributed by atoms with Crippen LogP contribution in [0.4, 0.5) is 24.5 Å². The quantitative estimate of drug-likeness (QED) is 0.0584. The second-order valence-electron chi connectivity index (χ2n) is 15.5. The maximum atomic E-state index is 13.9. The Labute approximate surface area is 357 Å². The number of allylic oxidation sites excluding steroid dienone is 1. The summed E-state index contributed by atoms with van der Waals surface area (Å²) in [6.45, 7) is 9.89. The number of hydrogen-bond acceptors (Lipinski definition) is 8. The van der Waals surface area contributed by atoms with Gasteiger partial charge in [0.15, 0.2) is 4.90 Å². The van der Waals surface area contributed by atoms with E-state index in [0.717, 1.165) is 73.1 Å². The Morgan fingerprint density at radius 3 is 2.33 bits per heavy atom. The summed E-state index contributed by atoms with van der Waals surface area (Å²) in [6.07, 6.45) is 3.95. The number of halogens is 4. The lowest BCUT2D eigenvalue weighted by Gasteiger charge is -2.39. The Balaban J connectivity index is 1.05. The lowest BCUT2D eigenvalue weighted by Crippen LogP contribution is -2.47. The zero-order chi connectivity index (χ0) is 41.3. The second-order valence-corrected chi connectivity index (χ2v) is 19.4. The van der Waals surface area contributed by atoms with Gasteiger partial charge in [-0.05, 0) is 128 Å². The molecule has 1 heterocycles. The van der Waals surface area contributed by atoms with Crippen molar-refractivity contribution in [1.29, 1.82) is 0 Å². The van der Waals surface area contributed by atoms with Crippen molar-refractivity contribution in [1.82, 2.24) is 14.9 Å². The van der Waals surface area contributed by atoms with Crippen LogP contribution in [0.1, 0.15) is 55.5 Å². The van der Waals surface area contributed by atoms with Crippen LogP contribution < -0.4 is 20.3 Å². The first-order chi connectivity index (χ1) is 27.8. The van der Waals surface area contributed by atoms with Crippen molar-refractivity contribution in [3.8, 4) is 0 Å². The highest BCUT2D eigenvalue weighted by molar-refractivity contribution is 7.99. The molecule has 1 fully saturated rings. The smallest absolute Gasteiger partial charge is 0.578 e. The van der Waals surface area contributed by atoms with E-state index in [2.05, 4.69) is 51.1 Å². The topological polar surface area (TPSA) is 82.7 Å². The molecule has 14 heteroatoms. The summed E-state index contributed by atoms with van der Waals surface area (Å²) in [5, 5.41) is 7.07. The van der Waals surface area contributed by atoms with E-state index in [9.17, 15) is 22.5 Å². The van der Waals surface area contributed by atoms with Crippen molar-refractivity contribution >= 4 is 69.3 Å². The highest BCUT2D eigenvalue weighted by atomic mass is 35.5. The van der Waals surface area contributed by atoms with E-state index in [4.69, 9.17) is 11.6 Å². The minimum atomic E-state index is -4.96. The fourth-order valence-electron chi connectivity index (χ4n) is 7.40. The van der Waals surface area contributed by atoms with Gasteiger partial charge < -0.3 is 20.1 Å². The third kappa shape index (κ3) is 12.4. The number of hydrogen-bond donors (Lipinski definition) is 3. The summed E-state index contributed by atoms with van der Waals surface area (Å²) in [4.78, 5) is 19.0. The SMILES string of the molecule is CNCC[C@H](CSc1ccccc1)Nc1ccc(SNC(=O)c2ccc(N3CCN(CC4=C(c5ccc(Cl)cc5)CCC(C)(C)C4)CC3)cc2)cc1[S+]([O-])C(F)(F)F. The molecule has 1 amide bonds. The molecule has 0 aromatic heterocycles. The maximum absolute atomic E-state index is 13.9. The van der Waals surface area contributed by atoms with Gasteiger partial charge in [-0.3, -0.25) is 14.4 Å². The van der Waals surface area contributed by atoms with E-state index in [1.165, 1.54) is 35.3 Å². The number of rotatable bonds is 16. The highest BCUT2D eigenvalue weighted by Gasteiger charge is 2.47. The molecule has 1 saturated heterocycles. The molecule has 3 N–H and O–H groups in total. The number of carbonyl (C=O) groups excluding carboxylic acids is 1. The fraction of sp³-hybridized carbons (Fsp3) is 0.386. The van der Waals surface area contributed by atoms with Crippen molar-refractivity contribution in [2.45, 2.75) is 65.8 Å². The molecule has 1 unspecified atom stereocenters. The number of carbonyl (C=O) groups is 1. The summed E-state index contributed by atoms with van der Waals surface area (Å²) in [6, 6.07) is 29.6. The third-order valence-electron chi connectivity index (χ3n) is 10.6. The summed E-state index contributed by atoms with van der Waals surface area (Å²) in [5.41, 5.74) is 1.16. The first kappa shape index (κ1) is 44.3. The van der Waals surface area contributed by atoms with Gasteiger partial charge in [-0.15, -0.1) is 24.9 Å². The molecule has 0 bridgehead atoms. The van der Waals surface area contributed by atoms with Gasteiger partial charge in [-0.1, -0.05) is 61.4 Å². The van der Waals surface area contributed by atoms with Crippen LogP contribution in [0.25, 0.3) is 5.57 Å². The Morgan fingerprint density at radius 1 is 0.948 bits per heavy atom. The lowest BCUT2D eigenvalue weighted by molar-refractivity contribution is -0.0435. The van der Waals surface area contributed by atoms with E-state index < -0.39 is 16.7 Å². The Kier molecular flexibility index (Phi) is 15.5. The Morgan fingerprint density at radius 2 is 1.66 bits per heavy atom. The maximum Gasteiger partial charge on any atom is 0.578 e. The van der Waals surface area contributed by atoms with E-state index in [0.29, 0.717) is 29.2 Å². The van der Waals surface area contributed by atoms with Gasteiger partial charge in [-0.25, -0.2) is 0 Å². The summed E-state index contributed by atoms with van der Waals surface area (Å²) < 4.78 is 57.1. The summed E-state index contributed by atoms with van der Waals surface area (Å²) in [7, 11) is 1.82. The highest BCUT2D eigenvalue weighted by Crippen LogP contribution is 2.43. The Bertz CT molecular complexity index is 1990. The summed E-state index contributed by atoms with van der Waals surface area (Å²) >= 11 is 5.40. The molecule has 4 aromatic carbocycles. The third-order valence-corrected chi connectivity index (χ3v) is 13.9. The van der Waals surface area contributed by atoms with Crippen molar-refractivity contribution < 1.29 is 22.5 Å². The Hall–Kier alpha value is -3.30. The van der Waals surface area contributed by atoms with E-state index in [1.54, 1.807) is 30.0 Å². The number of anilines is 2. The van der Waals surface area contributed by atoms with Crippen molar-refractivity contribution in [2.75, 3.05) is 62.3 Å². The van der Waals surface area contributed by atoms with Crippen LogP contribution in [-0.2, 0) is 11.2 Å². The van der Waals surface area contributed by atoms with E-state index >= 15 is 0 Å². The van der Waals surface area contributed by atoms with E-state index in [-0.39, 0.29) is 27.9 Å². The van der Waals surface area contributed by atoms with E-state index in [1.807, 2.05) is 61.6 Å². The first-order valence-corrected chi connectivity index (χ1v) is 22.8. The zero-order valence-electron chi connectivity index (χ0n) is 33.0. The van der Waals surface area contributed by atoms with Crippen LogP contribution in [-0.4, -0.2) is 79.0 Å². The van der Waals surface area contributed by atoms with Crippen LogP contribution >= 0.6 is 35.3 Å². The molecule has 0 saturated carbocycles. The number of alkyl halides is 3. The van der Waals surface area contributed by atoms with Gasteiger partial charge in [0, 0.05) is 76.6 Å². The molecule has 1 aliphatic carbocycles. The molecule has 1 aliphatic heterocycles. The van der Waals surface area contributed by atoms with Crippen LogP contribution in [0, 0.1) is 5.41 Å². The second kappa shape index (κ2) is 20.3. The molecular formula is C44H51ClF3N5O2S3. The summed E-state index contributed by atoms with van der Waals surface area (Å²) in [5.74, 6) is 0.210. The average Bonchev–Trinajstić information content (AvgIpc) is 3.21. The molecule has 0 spiro atoms. The monoisotopic (exact) mass is 869 g/mol. The zero-order valence-corrected chi connectivity index (χ0v) is 36.2. The number of amides is 1. The molecule has 310 valence electrons. The predicted molar refractivity (Wildman–Crippen MR) is 236 cm³/mol. The van der Waals surface area contributed by atoms with Gasteiger partial charge in [0.1, 0.15) is 11.2 Å². The molecule has 58 heavy (non-hydrogen) atoms. The molecule has 4 aromatic rings. The molecular weight excluding hydrogens is 819 g/mol. The van der Waals surface area contributed by atoms with Gasteiger partial charge in [0.05, 0.1) is 5.69 Å². The molecule has 2 atom stereocenters. The number of thioether (sulfide) groups is 1. The van der Waals surface area contributed by atoms with Gasteiger partial charge in [-0.2, -0.15) is 0 Å². The van der Waals surface area contributed by atoms with Crippen LogP contribution in [0.3, 0.4) is 0 Å². The first-order valence-electron chi connectivity index (χ1n) is 19.5. The predicted octanol–water partition coefficient (Wildman–Crippen LogP) is 10.4. The van der Waals surface area contributed by atoms with Crippen LogP contribution in [0.5, 0.6) is 0 Å². The van der Waals surface area contributed by atoms with Crippen molar-refractivity contribution in [2.24, 2.45) is 5.41 Å². The van der Waals surface area contributed by atoms with Crippen molar-refractivity contribution in [3.63, 3.8) is 0 Å². The number of nitrogens with zero attached hydrogens (tertiary/aromatic N) is 2. The normalized spacial score (nSPS) is 17.2. The lowest BCUT2D eigenvalue weighted by atomic mass is 9.73. The minimum Gasteiger partial charge on any atom is -0.604 e. The molecule has 2 aliphatic rings. The minimum absolute atomic E-state index is 0.148. The van der Waals surface area contributed by atoms with Gasteiger partial charge >= 0.3 is 5.51 Å². The largest absolute Gasteiger partial charge is 0.604 e. The van der Waals surface area contributed by atoms with Gasteiger partial charge in [0.25, 0.3) is 5.91 Å². The molecule has 7 nitrogen and oxygen atoms in total. The number of piperazine rings is 1.